The van der Waals surface area contributed by atoms with Crippen molar-refractivity contribution in [2.45, 2.75) is 33.4 Å². The van der Waals surface area contributed by atoms with Gasteiger partial charge in [-0.3, -0.25) is 0 Å². The number of rotatable bonds is 5. The molecule has 4 rings (SSSR count). The number of aliphatic hydroxyl groups is 1. The fourth-order valence-electron chi connectivity index (χ4n) is 3.01. The highest BCUT2D eigenvalue weighted by Crippen LogP contribution is 2.39. The number of aryl methyl sites for hydroxylation is 1. The summed E-state index contributed by atoms with van der Waals surface area (Å²) in [5.74, 6) is 0. The number of oxazole rings is 1. The standard InChI is InChI=1S/C21H15F3N2O.C3H7NO.C2H6.CH4O/c1-13-7-10-19-18(11-13)26-20(27-19)25-15-8-9-16(14-5-3-2-4-6-14)17(12-15)21(22,23)24;4-2-1-3-5;2*1-2/h2-12H,1H3,(H,25,26);3H,1-2,4H2;1-2H3;2H,1H3. The summed E-state index contributed by atoms with van der Waals surface area (Å²) in [7, 11) is 1.00. The molecular weight excluding hydrogens is 471 g/mol. The molecule has 0 spiro atoms. The lowest BCUT2D eigenvalue weighted by atomic mass is 9.98. The minimum Gasteiger partial charge on any atom is -0.423 e. The predicted octanol–water partition coefficient (Wildman–Crippen LogP) is 6.73. The van der Waals surface area contributed by atoms with E-state index in [0.29, 0.717) is 29.6 Å². The second-order valence-corrected chi connectivity index (χ2v) is 6.98. The minimum atomic E-state index is -4.48. The summed E-state index contributed by atoms with van der Waals surface area (Å²) in [5, 5.41) is 9.83. The number of hydrogen-bond donors (Lipinski definition) is 3. The number of alkyl halides is 3. The molecule has 0 aliphatic rings. The van der Waals surface area contributed by atoms with Crippen molar-refractivity contribution in [1.82, 2.24) is 4.98 Å². The molecule has 1 aromatic heterocycles. The van der Waals surface area contributed by atoms with Crippen LogP contribution in [0.4, 0.5) is 24.9 Å². The maximum absolute atomic E-state index is 13.6. The maximum Gasteiger partial charge on any atom is 0.417 e. The third-order valence-corrected chi connectivity index (χ3v) is 4.49. The summed E-state index contributed by atoms with van der Waals surface area (Å²) < 4.78 is 46.4. The molecule has 0 bridgehead atoms. The molecule has 36 heavy (non-hydrogen) atoms. The number of carbonyl (C=O) groups excluding carboxylic acids is 1. The van der Waals surface area contributed by atoms with Crippen LogP contribution in [0.15, 0.2) is 71.1 Å². The minimum absolute atomic E-state index is 0.127. The first-order valence-electron chi connectivity index (χ1n) is 11.3. The van der Waals surface area contributed by atoms with E-state index < -0.39 is 11.7 Å². The van der Waals surface area contributed by atoms with Crippen molar-refractivity contribution in [3.05, 3.63) is 77.9 Å². The molecule has 4 N–H and O–H groups in total. The van der Waals surface area contributed by atoms with Gasteiger partial charge in [0.15, 0.2) is 5.58 Å². The Hall–Kier alpha value is -3.69. The molecule has 0 saturated heterocycles. The number of nitrogens with two attached hydrogens (primary N) is 1. The normalized spacial score (nSPS) is 10.1. The highest BCUT2D eigenvalue weighted by Gasteiger charge is 2.34. The lowest BCUT2D eigenvalue weighted by molar-refractivity contribution is -0.137. The third kappa shape index (κ3) is 8.83. The zero-order valence-corrected chi connectivity index (χ0v) is 20.8. The van der Waals surface area contributed by atoms with Crippen molar-refractivity contribution in [3.63, 3.8) is 0 Å². The number of halogens is 3. The number of hydrogen-bond acceptors (Lipinski definition) is 6. The summed E-state index contributed by atoms with van der Waals surface area (Å²) in [6.07, 6.45) is -3.19. The molecule has 0 aliphatic carbocycles. The van der Waals surface area contributed by atoms with Gasteiger partial charge in [-0.2, -0.15) is 18.2 Å². The first kappa shape index (κ1) is 30.3. The molecular formula is C27H32F3N3O3. The quantitative estimate of drug-likeness (QED) is 0.261. The van der Waals surface area contributed by atoms with Crippen molar-refractivity contribution in [2.75, 3.05) is 19.0 Å². The average Bonchev–Trinajstić information content (AvgIpc) is 3.28. The molecule has 0 atom stereocenters. The zero-order valence-electron chi connectivity index (χ0n) is 20.8. The van der Waals surface area contributed by atoms with Crippen LogP contribution in [0.3, 0.4) is 0 Å². The van der Waals surface area contributed by atoms with Gasteiger partial charge in [-0.15, -0.1) is 0 Å². The number of benzene rings is 3. The van der Waals surface area contributed by atoms with Gasteiger partial charge in [-0.25, -0.2) is 0 Å². The van der Waals surface area contributed by atoms with Crippen LogP contribution in [0.25, 0.3) is 22.2 Å². The van der Waals surface area contributed by atoms with Crippen LogP contribution in [-0.2, 0) is 11.0 Å². The monoisotopic (exact) mass is 503 g/mol. The molecule has 9 heteroatoms. The summed E-state index contributed by atoms with van der Waals surface area (Å²) in [6, 6.07) is 18.3. The molecule has 3 aromatic carbocycles. The molecule has 194 valence electrons. The van der Waals surface area contributed by atoms with Crippen LogP contribution in [0, 0.1) is 6.92 Å². The van der Waals surface area contributed by atoms with Gasteiger partial charge < -0.3 is 25.4 Å². The molecule has 4 aromatic rings. The van der Waals surface area contributed by atoms with Crippen molar-refractivity contribution < 1.29 is 27.5 Å². The maximum atomic E-state index is 13.6. The summed E-state index contributed by atoms with van der Waals surface area (Å²) in [6.45, 7) is 6.41. The largest absolute Gasteiger partial charge is 0.423 e. The number of aliphatic hydroxyl groups excluding tert-OH is 1. The van der Waals surface area contributed by atoms with E-state index in [2.05, 4.69) is 10.3 Å². The Bertz CT molecular complexity index is 1190. The lowest BCUT2D eigenvalue weighted by Gasteiger charge is -2.15. The van der Waals surface area contributed by atoms with Gasteiger partial charge in [0.05, 0.1) is 5.56 Å². The summed E-state index contributed by atoms with van der Waals surface area (Å²) >= 11 is 0. The molecule has 6 nitrogen and oxygen atoms in total. The fraction of sp³-hybridized carbons (Fsp3) is 0.259. The van der Waals surface area contributed by atoms with Crippen molar-refractivity contribution in [1.29, 1.82) is 0 Å². The number of carbonyl (C=O) groups is 1. The molecule has 0 unspecified atom stereocenters. The Labute approximate surface area is 209 Å². The van der Waals surface area contributed by atoms with Gasteiger partial charge in [0.25, 0.3) is 6.01 Å². The van der Waals surface area contributed by atoms with Crippen molar-refractivity contribution >= 4 is 29.1 Å². The molecule has 0 aliphatic heterocycles. The van der Waals surface area contributed by atoms with Crippen LogP contribution >= 0.6 is 0 Å². The van der Waals surface area contributed by atoms with Gasteiger partial charge in [-0.1, -0.05) is 56.3 Å². The van der Waals surface area contributed by atoms with E-state index in [4.69, 9.17) is 15.3 Å². The van der Waals surface area contributed by atoms with E-state index in [1.165, 1.54) is 6.07 Å². The Kier molecular flexibility index (Phi) is 12.9. The number of nitrogens with one attached hydrogen (secondary N) is 1. The smallest absolute Gasteiger partial charge is 0.417 e. The second kappa shape index (κ2) is 15.3. The first-order valence-corrected chi connectivity index (χ1v) is 11.3. The van der Waals surface area contributed by atoms with Crippen LogP contribution in [0.1, 0.15) is 31.4 Å². The molecule has 1 heterocycles. The van der Waals surface area contributed by atoms with Crippen molar-refractivity contribution in [3.8, 4) is 11.1 Å². The highest BCUT2D eigenvalue weighted by molar-refractivity contribution is 5.77. The van der Waals surface area contributed by atoms with Gasteiger partial charge in [0, 0.05) is 19.2 Å². The Balaban J connectivity index is 0.000000634. The molecule has 0 fully saturated rings. The van der Waals surface area contributed by atoms with E-state index in [0.717, 1.165) is 25.0 Å². The average molecular weight is 504 g/mol. The first-order chi connectivity index (χ1) is 17.3. The van der Waals surface area contributed by atoms with Gasteiger partial charge in [0.1, 0.15) is 11.8 Å². The number of nitrogens with zero attached hydrogens (tertiary/aromatic N) is 1. The fourth-order valence-corrected chi connectivity index (χ4v) is 3.01. The zero-order chi connectivity index (χ0) is 27.1. The summed E-state index contributed by atoms with van der Waals surface area (Å²) in [5.41, 5.74) is 7.32. The number of anilines is 2. The molecule has 0 saturated carbocycles. The number of fused-ring (bicyclic) bond motifs is 1. The Morgan fingerprint density at radius 3 is 2.25 bits per heavy atom. The van der Waals surface area contributed by atoms with E-state index in [1.807, 2.05) is 32.9 Å². The molecule has 0 amide bonds. The van der Waals surface area contributed by atoms with Crippen LogP contribution in [0.2, 0.25) is 0 Å². The second-order valence-electron chi connectivity index (χ2n) is 6.98. The SMILES string of the molecule is CC.CO.Cc1ccc2oc(Nc3ccc(-c4ccccc4)c(C(F)(F)F)c3)nc2c1.NCCC=O. The van der Waals surface area contributed by atoms with Crippen LogP contribution in [-0.4, -0.2) is 30.0 Å². The van der Waals surface area contributed by atoms with Gasteiger partial charge in [-0.05, 0) is 54.4 Å². The van der Waals surface area contributed by atoms with Crippen LogP contribution in [0.5, 0.6) is 0 Å². The van der Waals surface area contributed by atoms with Crippen LogP contribution < -0.4 is 11.1 Å². The predicted molar refractivity (Wildman–Crippen MR) is 138 cm³/mol. The van der Waals surface area contributed by atoms with E-state index >= 15 is 0 Å². The van der Waals surface area contributed by atoms with E-state index in [1.54, 1.807) is 42.5 Å². The van der Waals surface area contributed by atoms with Gasteiger partial charge in [0.2, 0.25) is 0 Å². The molecule has 0 radical (unpaired) electrons. The Morgan fingerprint density at radius 2 is 1.69 bits per heavy atom. The van der Waals surface area contributed by atoms with Crippen molar-refractivity contribution in [2.24, 2.45) is 5.73 Å². The summed E-state index contributed by atoms with van der Waals surface area (Å²) in [4.78, 5) is 13.6. The third-order valence-electron chi connectivity index (χ3n) is 4.49. The number of aldehydes is 1. The van der Waals surface area contributed by atoms with E-state index in [-0.39, 0.29) is 17.3 Å². The lowest BCUT2D eigenvalue weighted by Crippen LogP contribution is -2.08. The van der Waals surface area contributed by atoms with E-state index in [9.17, 15) is 18.0 Å². The van der Waals surface area contributed by atoms with Gasteiger partial charge >= 0.3 is 6.18 Å². The topological polar surface area (TPSA) is 101 Å². The highest BCUT2D eigenvalue weighted by atomic mass is 19.4. The Morgan fingerprint density at radius 1 is 1.03 bits per heavy atom. The number of aromatic nitrogens is 1.